The Balaban J connectivity index is 1.55. The van der Waals surface area contributed by atoms with Crippen molar-refractivity contribution in [2.24, 2.45) is 0 Å². The Bertz CT molecular complexity index is 1210. The molecule has 0 saturated carbocycles. The topological polar surface area (TPSA) is 84.9 Å². The highest BCUT2D eigenvalue weighted by molar-refractivity contribution is 7.92. The van der Waals surface area contributed by atoms with Crippen LogP contribution >= 0.6 is 0 Å². The molecule has 0 aromatic heterocycles. The third-order valence-electron chi connectivity index (χ3n) is 5.01. The van der Waals surface area contributed by atoms with Crippen molar-refractivity contribution in [2.45, 2.75) is 18.4 Å². The van der Waals surface area contributed by atoms with Crippen molar-refractivity contribution in [2.75, 3.05) is 25.1 Å². The number of nitrogens with one attached hydrogen (secondary N) is 1. The van der Waals surface area contributed by atoms with Crippen LogP contribution in [0.5, 0.6) is 11.5 Å². The first-order valence-corrected chi connectivity index (χ1v) is 11.5. The Hall–Kier alpha value is -3.59. The number of aryl methyl sites for hydroxylation is 1. The van der Waals surface area contributed by atoms with Crippen molar-refractivity contribution < 1.29 is 27.1 Å². The number of amides is 1. The van der Waals surface area contributed by atoms with E-state index in [2.05, 4.69) is 5.32 Å². The Labute approximate surface area is 192 Å². The Morgan fingerprint density at radius 2 is 1.64 bits per heavy atom. The maximum atomic E-state index is 13.6. The lowest BCUT2D eigenvalue weighted by Gasteiger charge is -2.20. The maximum Gasteiger partial charge on any atom is 0.264 e. The van der Waals surface area contributed by atoms with Gasteiger partial charge in [0, 0.05) is 13.6 Å². The number of hydrogen-bond donors (Lipinski definition) is 1. The standard InChI is InChI=1S/C24H25FN2O5S/c1-17-4-5-18(14-23(17)25)15-26-24(28)16-32-21-8-6-19(7-9-21)27(2)33(29,30)22-12-10-20(31-3)11-13-22/h4-14H,15-16H2,1-3H3,(H,26,28). The summed E-state index contributed by atoms with van der Waals surface area (Å²) in [5.74, 6) is 0.287. The van der Waals surface area contributed by atoms with Gasteiger partial charge in [-0.05, 0) is 72.6 Å². The number of halogens is 1. The van der Waals surface area contributed by atoms with E-state index >= 15 is 0 Å². The molecule has 9 heteroatoms. The molecule has 0 saturated heterocycles. The third-order valence-corrected chi connectivity index (χ3v) is 6.81. The average molecular weight is 473 g/mol. The molecule has 1 amide bonds. The molecule has 0 aliphatic carbocycles. The van der Waals surface area contributed by atoms with E-state index < -0.39 is 10.0 Å². The molecular weight excluding hydrogens is 447 g/mol. The number of benzene rings is 3. The molecule has 7 nitrogen and oxygen atoms in total. The van der Waals surface area contributed by atoms with Gasteiger partial charge in [-0.2, -0.15) is 0 Å². The average Bonchev–Trinajstić information content (AvgIpc) is 2.83. The van der Waals surface area contributed by atoms with Gasteiger partial charge in [-0.15, -0.1) is 0 Å². The van der Waals surface area contributed by atoms with Crippen LogP contribution in [0, 0.1) is 12.7 Å². The number of hydrogen-bond acceptors (Lipinski definition) is 5. The number of nitrogens with zero attached hydrogens (tertiary/aromatic N) is 1. The highest BCUT2D eigenvalue weighted by Crippen LogP contribution is 2.25. The summed E-state index contributed by atoms with van der Waals surface area (Å²) in [7, 11) is -0.786. The van der Waals surface area contributed by atoms with Gasteiger partial charge >= 0.3 is 0 Å². The summed E-state index contributed by atoms with van der Waals surface area (Å²) in [4.78, 5) is 12.2. The van der Waals surface area contributed by atoms with Crippen molar-refractivity contribution >= 4 is 21.6 Å². The summed E-state index contributed by atoms with van der Waals surface area (Å²) in [5, 5.41) is 2.66. The van der Waals surface area contributed by atoms with Crippen LogP contribution in [0.15, 0.2) is 71.6 Å². The molecule has 1 N–H and O–H groups in total. The minimum absolute atomic E-state index is 0.135. The van der Waals surface area contributed by atoms with Gasteiger partial charge in [0.05, 0.1) is 17.7 Å². The molecule has 0 bridgehead atoms. The number of carbonyl (C=O) groups excluding carboxylic acids is 1. The highest BCUT2D eigenvalue weighted by atomic mass is 32.2. The normalized spacial score (nSPS) is 11.0. The van der Waals surface area contributed by atoms with E-state index in [9.17, 15) is 17.6 Å². The van der Waals surface area contributed by atoms with E-state index in [1.54, 1.807) is 55.5 Å². The van der Waals surface area contributed by atoms with Gasteiger partial charge in [0.25, 0.3) is 15.9 Å². The fourth-order valence-electron chi connectivity index (χ4n) is 2.94. The molecule has 0 fully saturated rings. The Kier molecular flexibility index (Phi) is 7.55. The smallest absolute Gasteiger partial charge is 0.264 e. The lowest BCUT2D eigenvalue weighted by atomic mass is 10.1. The summed E-state index contributed by atoms with van der Waals surface area (Å²) in [6, 6.07) is 17.2. The van der Waals surface area contributed by atoms with Gasteiger partial charge in [-0.25, -0.2) is 12.8 Å². The number of anilines is 1. The predicted octanol–water partition coefficient (Wildman–Crippen LogP) is 3.66. The molecule has 0 aliphatic heterocycles. The van der Waals surface area contributed by atoms with Gasteiger partial charge in [0.2, 0.25) is 0 Å². The lowest BCUT2D eigenvalue weighted by Crippen LogP contribution is -2.28. The Morgan fingerprint density at radius 1 is 1.00 bits per heavy atom. The lowest BCUT2D eigenvalue weighted by molar-refractivity contribution is -0.123. The molecule has 0 spiro atoms. The second-order valence-electron chi connectivity index (χ2n) is 7.29. The van der Waals surface area contributed by atoms with Gasteiger partial charge in [0.15, 0.2) is 6.61 Å². The number of ether oxygens (including phenoxy) is 2. The van der Waals surface area contributed by atoms with Crippen LogP contribution in [-0.4, -0.2) is 35.1 Å². The van der Waals surface area contributed by atoms with Crippen LogP contribution < -0.4 is 19.1 Å². The van der Waals surface area contributed by atoms with Crippen molar-refractivity contribution in [1.82, 2.24) is 5.32 Å². The van der Waals surface area contributed by atoms with Crippen molar-refractivity contribution in [1.29, 1.82) is 0 Å². The number of carbonyl (C=O) groups is 1. The molecule has 0 aliphatic rings. The molecule has 0 unspecified atom stereocenters. The zero-order valence-corrected chi connectivity index (χ0v) is 19.4. The van der Waals surface area contributed by atoms with Crippen LogP contribution in [-0.2, 0) is 21.4 Å². The molecule has 33 heavy (non-hydrogen) atoms. The van der Waals surface area contributed by atoms with E-state index in [-0.39, 0.29) is 29.8 Å². The monoisotopic (exact) mass is 472 g/mol. The summed E-state index contributed by atoms with van der Waals surface area (Å²) in [6.45, 7) is 1.63. The number of rotatable bonds is 9. The van der Waals surface area contributed by atoms with E-state index in [0.717, 1.165) is 4.31 Å². The van der Waals surface area contributed by atoms with E-state index in [1.165, 1.54) is 32.4 Å². The van der Waals surface area contributed by atoms with Gasteiger partial charge in [-0.3, -0.25) is 9.10 Å². The maximum absolute atomic E-state index is 13.6. The second-order valence-corrected chi connectivity index (χ2v) is 9.26. The minimum atomic E-state index is -3.75. The van der Waals surface area contributed by atoms with Crippen LogP contribution in [0.1, 0.15) is 11.1 Å². The molecule has 3 aromatic carbocycles. The van der Waals surface area contributed by atoms with Crippen molar-refractivity contribution in [3.8, 4) is 11.5 Å². The van der Waals surface area contributed by atoms with Gasteiger partial charge in [0.1, 0.15) is 17.3 Å². The zero-order valence-electron chi connectivity index (χ0n) is 18.5. The number of methoxy groups -OCH3 is 1. The molecular formula is C24H25FN2O5S. The molecule has 0 radical (unpaired) electrons. The van der Waals surface area contributed by atoms with E-state index in [4.69, 9.17) is 9.47 Å². The summed E-state index contributed by atoms with van der Waals surface area (Å²) in [6.07, 6.45) is 0. The minimum Gasteiger partial charge on any atom is -0.497 e. The zero-order chi connectivity index (χ0) is 24.0. The van der Waals surface area contributed by atoms with Crippen LogP contribution in [0.4, 0.5) is 10.1 Å². The quantitative estimate of drug-likeness (QED) is 0.514. The van der Waals surface area contributed by atoms with Gasteiger partial charge in [-0.1, -0.05) is 12.1 Å². The summed E-state index contributed by atoms with van der Waals surface area (Å²) in [5.41, 5.74) is 1.63. The molecule has 174 valence electrons. The summed E-state index contributed by atoms with van der Waals surface area (Å²) >= 11 is 0. The molecule has 0 heterocycles. The molecule has 3 rings (SSSR count). The SMILES string of the molecule is COc1ccc(S(=O)(=O)N(C)c2ccc(OCC(=O)NCc3ccc(C)c(F)c3)cc2)cc1. The molecule has 0 atom stereocenters. The first kappa shape index (κ1) is 24.1. The largest absolute Gasteiger partial charge is 0.497 e. The fraction of sp³-hybridized carbons (Fsp3) is 0.208. The van der Waals surface area contributed by atoms with Crippen molar-refractivity contribution in [3.05, 3.63) is 83.7 Å². The van der Waals surface area contributed by atoms with E-state index in [1.807, 2.05) is 0 Å². The van der Waals surface area contributed by atoms with Crippen LogP contribution in [0.3, 0.4) is 0 Å². The second kappa shape index (κ2) is 10.4. The van der Waals surface area contributed by atoms with Crippen LogP contribution in [0.25, 0.3) is 0 Å². The third kappa shape index (κ3) is 6.01. The van der Waals surface area contributed by atoms with E-state index in [0.29, 0.717) is 28.3 Å². The van der Waals surface area contributed by atoms with Crippen LogP contribution in [0.2, 0.25) is 0 Å². The first-order chi connectivity index (χ1) is 15.7. The summed E-state index contributed by atoms with van der Waals surface area (Å²) < 4.78 is 50.9. The molecule has 3 aromatic rings. The predicted molar refractivity (Wildman–Crippen MR) is 124 cm³/mol. The number of sulfonamides is 1. The van der Waals surface area contributed by atoms with Gasteiger partial charge < -0.3 is 14.8 Å². The fourth-order valence-corrected chi connectivity index (χ4v) is 4.14. The first-order valence-electron chi connectivity index (χ1n) is 10.1. The van der Waals surface area contributed by atoms with Crippen molar-refractivity contribution in [3.63, 3.8) is 0 Å². The highest BCUT2D eigenvalue weighted by Gasteiger charge is 2.21. The Morgan fingerprint density at radius 3 is 2.24 bits per heavy atom.